The molecular formula is C19H30F2. The number of rotatable bonds is 4. The van der Waals surface area contributed by atoms with Crippen LogP contribution in [0.3, 0.4) is 0 Å². The van der Waals surface area contributed by atoms with Crippen molar-refractivity contribution >= 4 is 0 Å². The molecule has 1 rings (SSSR count). The summed E-state index contributed by atoms with van der Waals surface area (Å²) in [6.45, 7) is 14.6. The van der Waals surface area contributed by atoms with Gasteiger partial charge in [-0.15, -0.1) is 0 Å². The molecule has 0 nitrogen and oxygen atoms in total. The summed E-state index contributed by atoms with van der Waals surface area (Å²) in [6, 6.07) is 6.17. The molecule has 0 amide bonds. The molecule has 0 unspecified atom stereocenters. The maximum absolute atomic E-state index is 13.6. The van der Waals surface area contributed by atoms with Crippen molar-refractivity contribution in [3.05, 3.63) is 34.9 Å². The fourth-order valence-electron chi connectivity index (χ4n) is 2.81. The highest BCUT2D eigenvalue weighted by molar-refractivity contribution is 5.43. The second-order valence-electron chi connectivity index (χ2n) is 8.05. The summed E-state index contributed by atoms with van der Waals surface area (Å²) in [4.78, 5) is 0. The average Bonchev–Trinajstić information content (AvgIpc) is 2.34. The summed E-state index contributed by atoms with van der Waals surface area (Å²) in [5.41, 5.74) is 3.56. The van der Waals surface area contributed by atoms with Gasteiger partial charge in [0.1, 0.15) is 0 Å². The van der Waals surface area contributed by atoms with Crippen LogP contribution < -0.4 is 0 Å². The fraction of sp³-hybridized carbons (Fsp3) is 0.684. The number of alkyl halides is 2. The van der Waals surface area contributed by atoms with Gasteiger partial charge in [-0.05, 0) is 33.9 Å². The Morgan fingerprint density at radius 1 is 0.905 bits per heavy atom. The van der Waals surface area contributed by atoms with Crippen molar-refractivity contribution < 1.29 is 8.78 Å². The van der Waals surface area contributed by atoms with Crippen LogP contribution in [-0.2, 0) is 17.3 Å². The fourth-order valence-corrected chi connectivity index (χ4v) is 2.81. The summed E-state index contributed by atoms with van der Waals surface area (Å²) in [6.07, 6.45) is 0.286. The Hall–Kier alpha value is -0.920. The zero-order valence-corrected chi connectivity index (χ0v) is 14.6. The Balaban J connectivity index is 3.27. The Labute approximate surface area is 129 Å². The quantitative estimate of drug-likeness (QED) is 0.615. The summed E-state index contributed by atoms with van der Waals surface area (Å²) >= 11 is 0. The van der Waals surface area contributed by atoms with E-state index in [2.05, 4.69) is 47.6 Å². The van der Waals surface area contributed by atoms with Gasteiger partial charge in [-0.3, -0.25) is 0 Å². The molecule has 0 spiro atoms. The zero-order valence-electron chi connectivity index (χ0n) is 14.6. The molecular weight excluding hydrogens is 266 g/mol. The van der Waals surface area contributed by atoms with Crippen LogP contribution in [0.1, 0.15) is 78.0 Å². The Morgan fingerprint density at radius 2 is 1.48 bits per heavy atom. The van der Waals surface area contributed by atoms with Gasteiger partial charge >= 0.3 is 0 Å². The monoisotopic (exact) mass is 296 g/mol. The first-order valence-corrected chi connectivity index (χ1v) is 7.89. The molecule has 120 valence electrons. The van der Waals surface area contributed by atoms with Gasteiger partial charge in [0.2, 0.25) is 5.92 Å². The van der Waals surface area contributed by atoms with Crippen LogP contribution >= 0.6 is 0 Å². The van der Waals surface area contributed by atoms with Crippen molar-refractivity contribution in [2.24, 2.45) is 0 Å². The second kappa shape index (κ2) is 6.06. The lowest BCUT2D eigenvalue weighted by Crippen LogP contribution is -2.25. The van der Waals surface area contributed by atoms with Crippen molar-refractivity contribution in [2.45, 2.75) is 84.5 Å². The lowest BCUT2D eigenvalue weighted by atomic mass is 9.72. The smallest absolute Gasteiger partial charge is 0.207 e. The van der Waals surface area contributed by atoms with Gasteiger partial charge < -0.3 is 0 Å². The van der Waals surface area contributed by atoms with E-state index in [1.54, 1.807) is 6.92 Å². The van der Waals surface area contributed by atoms with E-state index in [4.69, 9.17) is 0 Å². The van der Waals surface area contributed by atoms with Gasteiger partial charge in [0.25, 0.3) is 0 Å². The van der Waals surface area contributed by atoms with Crippen LogP contribution in [0.2, 0.25) is 0 Å². The first-order chi connectivity index (χ1) is 9.38. The molecule has 0 fully saturated rings. The molecule has 0 heterocycles. The SMILES string of the molecule is CCC(F)(F)CCc1cccc(C(C)(C)C)c1C(C)(C)C. The molecule has 2 heteroatoms. The maximum Gasteiger partial charge on any atom is 0.248 e. The summed E-state index contributed by atoms with van der Waals surface area (Å²) in [5.74, 6) is -2.56. The van der Waals surface area contributed by atoms with Gasteiger partial charge in [0, 0.05) is 12.8 Å². The number of hydrogen-bond acceptors (Lipinski definition) is 0. The predicted octanol–water partition coefficient (Wildman–Crippen LogP) is 6.26. The zero-order chi connectivity index (χ0) is 16.5. The van der Waals surface area contributed by atoms with Gasteiger partial charge in [-0.1, -0.05) is 66.7 Å². The van der Waals surface area contributed by atoms with Crippen LogP contribution in [-0.4, -0.2) is 5.92 Å². The molecule has 0 saturated heterocycles. The molecule has 21 heavy (non-hydrogen) atoms. The van der Waals surface area contributed by atoms with Crippen LogP contribution in [0.4, 0.5) is 8.78 Å². The Morgan fingerprint density at radius 3 is 1.90 bits per heavy atom. The molecule has 0 aromatic heterocycles. The lowest BCUT2D eigenvalue weighted by molar-refractivity contribution is -0.0111. The number of benzene rings is 1. The first-order valence-electron chi connectivity index (χ1n) is 7.89. The molecule has 0 aliphatic heterocycles. The van der Waals surface area contributed by atoms with Crippen LogP contribution in [0.15, 0.2) is 18.2 Å². The molecule has 1 aromatic rings. The van der Waals surface area contributed by atoms with E-state index >= 15 is 0 Å². The second-order valence-corrected chi connectivity index (χ2v) is 8.05. The van der Waals surface area contributed by atoms with E-state index in [1.165, 1.54) is 11.1 Å². The summed E-state index contributed by atoms with van der Waals surface area (Å²) in [5, 5.41) is 0. The van der Waals surface area contributed by atoms with Gasteiger partial charge in [0.05, 0.1) is 0 Å². The van der Waals surface area contributed by atoms with Gasteiger partial charge in [-0.25, -0.2) is 8.78 Å². The number of aryl methyl sites for hydroxylation is 1. The van der Waals surface area contributed by atoms with Crippen molar-refractivity contribution in [3.63, 3.8) is 0 Å². The third-order valence-corrected chi connectivity index (χ3v) is 3.99. The van der Waals surface area contributed by atoms with E-state index in [0.717, 1.165) is 5.56 Å². The van der Waals surface area contributed by atoms with Crippen LogP contribution in [0, 0.1) is 0 Å². The Bertz CT molecular complexity index is 473. The lowest BCUT2D eigenvalue weighted by Gasteiger charge is -2.32. The van der Waals surface area contributed by atoms with E-state index < -0.39 is 5.92 Å². The maximum atomic E-state index is 13.6. The third-order valence-electron chi connectivity index (χ3n) is 3.99. The van der Waals surface area contributed by atoms with E-state index in [0.29, 0.717) is 6.42 Å². The van der Waals surface area contributed by atoms with Crippen molar-refractivity contribution in [1.82, 2.24) is 0 Å². The van der Waals surface area contributed by atoms with Gasteiger partial charge in [0.15, 0.2) is 0 Å². The number of hydrogen-bond donors (Lipinski definition) is 0. The number of halogens is 2. The molecule has 0 atom stereocenters. The largest absolute Gasteiger partial charge is 0.248 e. The van der Waals surface area contributed by atoms with E-state index in [1.807, 2.05) is 12.1 Å². The summed E-state index contributed by atoms with van der Waals surface area (Å²) in [7, 11) is 0. The van der Waals surface area contributed by atoms with E-state index in [9.17, 15) is 8.78 Å². The molecule has 0 aliphatic rings. The van der Waals surface area contributed by atoms with Crippen LogP contribution in [0.25, 0.3) is 0 Å². The predicted molar refractivity (Wildman–Crippen MR) is 87.4 cm³/mol. The Kier molecular flexibility index (Phi) is 5.23. The standard InChI is InChI=1S/C19H30F2/c1-8-19(20,21)13-12-14-10-9-11-15(17(2,3)4)16(14)18(5,6)7/h9-11H,8,12-13H2,1-7H3. The third kappa shape index (κ3) is 4.79. The minimum atomic E-state index is -2.56. The van der Waals surface area contributed by atoms with Gasteiger partial charge in [-0.2, -0.15) is 0 Å². The molecule has 1 aromatic carbocycles. The highest BCUT2D eigenvalue weighted by Crippen LogP contribution is 2.37. The highest BCUT2D eigenvalue weighted by atomic mass is 19.3. The van der Waals surface area contributed by atoms with Crippen molar-refractivity contribution in [2.75, 3.05) is 0 Å². The highest BCUT2D eigenvalue weighted by Gasteiger charge is 2.30. The molecule has 0 radical (unpaired) electrons. The molecule has 0 aliphatic carbocycles. The normalized spacial score (nSPS) is 13.6. The molecule has 0 bridgehead atoms. The minimum Gasteiger partial charge on any atom is -0.207 e. The minimum absolute atomic E-state index is 0.0197. The molecule has 0 N–H and O–H groups in total. The van der Waals surface area contributed by atoms with Crippen molar-refractivity contribution in [3.8, 4) is 0 Å². The average molecular weight is 296 g/mol. The topological polar surface area (TPSA) is 0 Å². The molecule has 0 saturated carbocycles. The van der Waals surface area contributed by atoms with Crippen LogP contribution in [0.5, 0.6) is 0 Å². The first kappa shape index (κ1) is 18.1. The summed E-state index contributed by atoms with van der Waals surface area (Å²) < 4.78 is 27.2. The van der Waals surface area contributed by atoms with E-state index in [-0.39, 0.29) is 23.7 Å². The van der Waals surface area contributed by atoms with Crippen molar-refractivity contribution in [1.29, 1.82) is 0 Å².